The fourth-order valence-electron chi connectivity index (χ4n) is 3.55. The normalized spacial score (nSPS) is 17.7. The first-order valence-electron chi connectivity index (χ1n) is 8.75. The fourth-order valence-corrected chi connectivity index (χ4v) is 5.04. The van der Waals surface area contributed by atoms with Gasteiger partial charge in [-0.15, -0.1) is 0 Å². The molecule has 6 heteroatoms. The minimum atomic E-state index is -3.40. The number of rotatable bonds is 6. The van der Waals surface area contributed by atoms with Gasteiger partial charge in [-0.3, -0.25) is 4.79 Å². The van der Waals surface area contributed by atoms with Gasteiger partial charge in [0.25, 0.3) is 0 Å². The maximum Gasteiger partial charge on any atom is 0.314 e. The smallest absolute Gasteiger partial charge is 0.314 e. The molecule has 1 heterocycles. The molecule has 0 bridgehead atoms. The Bertz CT molecular complexity index is 842. The predicted molar refractivity (Wildman–Crippen MR) is 100 cm³/mol. The topological polar surface area (TPSA) is 74.7 Å². The summed E-state index contributed by atoms with van der Waals surface area (Å²) in [5, 5.41) is 9.82. The lowest BCUT2D eigenvalue weighted by atomic mass is 9.73. The van der Waals surface area contributed by atoms with Gasteiger partial charge in [-0.2, -0.15) is 0 Å². The van der Waals surface area contributed by atoms with Gasteiger partial charge >= 0.3 is 5.97 Å². The third-order valence-corrected chi connectivity index (χ3v) is 7.07. The lowest BCUT2D eigenvalue weighted by molar-refractivity contribution is -0.145. The molecule has 26 heavy (non-hydrogen) atoms. The van der Waals surface area contributed by atoms with E-state index in [0.29, 0.717) is 6.42 Å². The van der Waals surface area contributed by atoms with Gasteiger partial charge in [-0.1, -0.05) is 60.7 Å². The quantitative estimate of drug-likeness (QED) is 0.845. The molecule has 5 nitrogen and oxygen atoms in total. The average molecular weight is 373 g/mol. The highest BCUT2D eigenvalue weighted by Crippen LogP contribution is 2.36. The summed E-state index contributed by atoms with van der Waals surface area (Å²) in [5.41, 5.74) is 0.721. The summed E-state index contributed by atoms with van der Waals surface area (Å²) >= 11 is 0. The maximum absolute atomic E-state index is 12.7. The zero-order valence-electron chi connectivity index (χ0n) is 14.5. The highest BCUT2D eigenvalue weighted by molar-refractivity contribution is 7.89. The fraction of sp³-hybridized carbons (Fsp3) is 0.350. The number of aryl methyl sites for hydroxylation is 1. The minimum Gasteiger partial charge on any atom is -0.481 e. The Morgan fingerprint density at radius 3 is 2.04 bits per heavy atom. The van der Waals surface area contributed by atoms with Crippen molar-refractivity contribution in [3.8, 4) is 0 Å². The van der Waals surface area contributed by atoms with E-state index in [0.717, 1.165) is 11.1 Å². The lowest BCUT2D eigenvalue weighted by Gasteiger charge is -2.38. The molecule has 0 aromatic heterocycles. The first-order chi connectivity index (χ1) is 12.4. The number of aliphatic carboxylic acids is 1. The number of carboxylic acid groups (broad SMARTS) is 1. The van der Waals surface area contributed by atoms with E-state index in [2.05, 4.69) is 0 Å². The van der Waals surface area contributed by atoms with Crippen LogP contribution in [0.5, 0.6) is 0 Å². The van der Waals surface area contributed by atoms with Gasteiger partial charge in [0.05, 0.1) is 11.2 Å². The number of piperidine rings is 1. The van der Waals surface area contributed by atoms with Crippen molar-refractivity contribution < 1.29 is 18.3 Å². The van der Waals surface area contributed by atoms with E-state index < -0.39 is 21.4 Å². The molecule has 0 radical (unpaired) electrons. The standard InChI is InChI=1S/C20H23NO4S/c22-19(23)20(18-9-5-2-6-10-18)12-14-21(15-13-20)26(24,25)16-11-17-7-3-1-4-8-17/h1-10H,11-16H2,(H,22,23). The van der Waals surface area contributed by atoms with E-state index in [1.165, 1.54) is 4.31 Å². The molecule has 0 atom stereocenters. The number of nitrogens with zero attached hydrogens (tertiary/aromatic N) is 1. The molecule has 1 N–H and O–H groups in total. The van der Waals surface area contributed by atoms with Crippen molar-refractivity contribution in [2.24, 2.45) is 0 Å². The number of sulfonamides is 1. The largest absolute Gasteiger partial charge is 0.481 e. The Hall–Kier alpha value is -2.18. The molecule has 2 aromatic rings. The Balaban J connectivity index is 1.69. The van der Waals surface area contributed by atoms with Crippen molar-refractivity contribution in [3.05, 3.63) is 71.8 Å². The number of hydrogen-bond acceptors (Lipinski definition) is 3. The summed E-state index contributed by atoms with van der Waals surface area (Å²) in [6.45, 7) is 0.469. The maximum atomic E-state index is 12.7. The molecule has 1 aliphatic heterocycles. The van der Waals surface area contributed by atoms with Crippen molar-refractivity contribution >= 4 is 16.0 Å². The van der Waals surface area contributed by atoms with Gasteiger partial charge in [0.1, 0.15) is 0 Å². The van der Waals surface area contributed by atoms with Crippen molar-refractivity contribution in [2.45, 2.75) is 24.7 Å². The van der Waals surface area contributed by atoms with Crippen LogP contribution in [0.25, 0.3) is 0 Å². The molecule has 0 aliphatic carbocycles. The summed E-state index contributed by atoms with van der Waals surface area (Å²) in [6.07, 6.45) is 1.04. The van der Waals surface area contributed by atoms with Gasteiger partial charge in [0.15, 0.2) is 0 Å². The number of carbonyl (C=O) groups is 1. The Morgan fingerprint density at radius 1 is 0.962 bits per heavy atom. The van der Waals surface area contributed by atoms with Crippen molar-refractivity contribution in [1.82, 2.24) is 4.31 Å². The lowest BCUT2D eigenvalue weighted by Crippen LogP contribution is -2.49. The van der Waals surface area contributed by atoms with Crippen molar-refractivity contribution in [2.75, 3.05) is 18.8 Å². The number of benzene rings is 2. The monoisotopic (exact) mass is 373 g/mol. The molecule has 0 spiro atoms. The van der Waals surface area contributed by atoms with E-state index in [-0.39, 0.29) is 31.7 Å². The van der Waals surface area contributed by atoms with Gasteiger partial charge < -0.3 is 5.11 Å². The van der Waals surface area contributed by atoms with Gasteiger partial charge in [-0.25, -0.2) is 12.7 Å². The van der Waals surface area contributed by atoms with Crippen LogP contribution in [0, 0.1) is 0 Å². The second-order valence-corrected chi connectivity index (χ2v) is 8.79. The molecule has 1 saturated heterocycles. The van der Waals surface area contributed by atoms with Gasteiger partial charge in [0, 0.05) is 13.1 Å². The van der Waals surface area contributed by atoms with Crippen LogP contribution >= 0.6 is 0 Å². The minimum absolute atomic E-state index is 0.0441. The molecule has 1 fully saturated rings. The second kappa shape index (κ2) is 7.60. The van der Waals surface area contributed by atoms with Crippen LogP contribution in [0.3, 0.4) is 0 Å². The zero-order valence-corrected chi connectivity index (χ0v) is 15.4. The molecular formula is C20H23NO4S. The SMILES string of the molecule is O=C(O)C1(c2ccccc2)CCN(S(=O)(=O)CCc2ccccc2)CC1. The van der Waals surface area contributed by atoms with Crippen LogP contribution < -0.4 is 0 Å². The molecule has 0 unspecified atom stereocenters. The van der Waals surface area contributed by atoms with Crippen molar-refractivity contribution in [1.29, 1.82) is 0 Å². The van der Waals surface area contributed by atoms with E-state index >= 15 is 0 Å². The zero-order chi connectivity index (χ0) is 18.6. The molecule has 3 rings (SSSR count). The predicted octanol–water partition coefficient (Wildman–Crippen LogP) is 2.68. The molecule has 0 saturated carbocycles. The van der Waals surface area contributed by atoms with Gasteiger partial charge in [0.2, 0.25) is 10.0 Å². The van der Waals surface area contributed by atoms with E-state index in [1.807, 2.05) is 60.7 Å². The number of carboxylic acids is 1. The number of hydrogen-bond donors (Lipinski definition) is 1. The summed E-state index contributed by atoms with van der Waals surface area (Å²) in [7, 11) is -3.40. The molecule has 1 aliphatic rings. The van der Waals surface area contributed by atoms with E-state index in [4.69, 9.17) is 0 Å². The van der Waals surface area contributed by atoms with Crippen LogP contribution in [0.4, 0.5) is 0 Å². The summed E-state index contributed by atoms with van der Waals surface area (Å²) in [4.78, 5) is 12.0. The summed E-state index contributed by atoms with van der Waals surface area (Å²) in [5.74, 6) is -0.840. The van der Waals surface area contributed by atoms with Crippen LogP contribution in [-0.4, -0.2) is 42.6 Å². The highest BCUT2D eigenvalue weighted by Gasteiger charge is 2.44. The Kier molecular flexibility index (Phi) is 5.44. The summed E-state index contributed by atoms with van der Waals surface area (Å²) < 4.78 is 26.8. The Labute approximate surface area is 154 Å². The van der Waals surface area contributed by atoms with E-state index in [9.17, 15) is 18.3 Å². The molecule has 0 amide bonds. The molecule has 2 aromatic carbocycles. The highest BCUT2D eigenvalue weighted by atomic mass is 32.2. The second-order valence-electron chi connectivity index (χ2n) is 6.70. The van der Waals surface area contributed by atoms with Crippen LogP contribution in [0.15, 0.2) is 60.7 Å². The Morgan fingerprint density at radius 2 is 1.50 bits per heavy atom. The van der Waals surface area contributed by atoms with Crippen LogP contribution in [0.1, 0.15) is 24.0 Å². The molecular weight excluding hydrogens is 350 g/mol. The first-order valence-corrected chi connectivity index (χ1v) is 10.4. The van der Waals surface area contributed by atoms with Crippen molar-refractivity contribution in [3.63, 3.8) is 0 Å². The summed E-state index contributed by atoms with van der Waals surface area (Å²) in [6, 6.07) is 18.6. The van der Waals surface area contributed by atoms with Crippen LogP contribution in [0.2, 0.25) is 0 Å². The third kappa shape index (κ3) is 3.81. The van der Waals surface area contributed by atoms with E-state index in [1.54, 1.807) is 0 Å². The molecule has 138 valence electrons. The third-order valence-electron chi connectivity index (χ3n) is 5.20. The average Bonchev–Trinajstić information content (AvgIpc) is 2.68. The van der Waals surface area contributed by atoms with Crippen LogP contribution in [-0.2, 0) is 26.7 Å². The van der Waals surface area contributed by atoms with Gasteiger partial charge in [-0.05, 0) is 30.4 Å². The first kappa shape index (κ1) is 18.6.